The minimum Gasteiger partial charge on any atom is -0.477 e. The third-order valence-electron chi connectivity index (χ3n) is 6.53. The van der Waals surface area contributed by atoms with Gasteiger partial charge >= 0.3 is 5.97 Å². The van der Waals surface area contributed by atoms with Crippen molar-refractivity contribution < 1.29 is 19.8 Å². The van der Waals surface area contributed by atoms with Gasteiger partial charge in [-0.1, -0.05) is 31.2 Å². The Morgan fingerprint density at radius 3 is 2.60 bits per heavy atom. The number of rotatable bonds is 7. The first kappa shape index (κ1) is 21.4. The summed E-state index contributed by atoms with van der Waals surface area (Å²) in [5.41, 5.74) is 8.14. The molecule has 0 saturated carbocycles. The molecule has 8 heteroatoms. The summed E-state index contributed by atoms with van der Waals surface area (Å²) >= 11 is 1.59. The minimum atomic E-state index is -1.06. The number of β-lactam (4-membered cyclic amide) rings is 1. The Kier molecular flexibility index (Phi) is 5.94. The van der Waals surface area contributed by atoms with Crippen molar-refractivity contribution in [2.24, 2.45) is 17.6 Å². The summed E-state index contributed by atoms with van der Waals surface area (Å²) in [5.74, 6) is -1.94. The van der Waals surface area contributed by atoms with E-state index in [1.807, 2.05) is 6.92 Å². The number of nitrogens with one attached hydrogen (secondary N) is 1. The fraction of sp³-hybridized carbons (Fsp3) is 0.545. The summed E-state index contributed by atoms with van der Waals surface area (Å²) < 4.78 is 0. The lowest BCUT2D eigenvalue weighted by Gasteiger charge is -2.46. The molecular weight excluding hydrogens is 402 g/mol. The highest BCUT2D eigenvalue weighted by Gasteiger charge is 2.60. The number of carbonyl (C=O) groups excluding carboxylic acids is 1. The van der Waals surface area contributed by atoms with Gasteiger partial charge in [0.25, 0.3) is 0 Å². The Hall–Kier alpha value is -1.87. The summed E-state index contributed by atoms with van der Waals surface area (Å²) in [7, 11) is 0. The Morgan fingerprint density at radius 2 is 2.00 bits per heavy atom. The summed E-state index contributed by atoms with van der Waals surface area (Å²) in [6.07, 6.45) is 1.08. The van der Waals surface area contributed by atoms with E-state index in [0.29, 0.717) is 12.6 Å². The van der Waals surface area contributed by atoms with Crippen molar-refractivity contribution in [1.29, 1.82) is 0 Å². The molecule has 3 aliphatic rings. The average molecular weight is 432 g/mol. The molecule has 1 aromatic rings. The third kappa shape index (κ3) is 3.66. The highest BCUT2D eigenvalue weighted by molar-refractivity contribution is 8.03. The second-order valence-electron chi connectivity index (χ2n) is 8.58. The van der Waals surface area contributed by atoms with E-state index in [-0.39, 0.29) is 28.8 Å². The van der Waals surface area contributed by atoms with Crippen molar-refractivity contribution in [3.63, 3.8) is 0 Å². The fourth-order valence-electron chi connectivity index (χ4n) is 4.98. The van der Waals surface area contributed by atoms with Crippen LogP contribution in [0.1, 0.15) is 31.4 Å². The van der Waals surface area contributed by atoms with Gasteiger partial charge in [0.2, 0.25) is 5.91 Å². The molecule has 2 saturated heterocycles. The fourth-order valence-corrected chi connectivity index (χ4v) is 6.50. The zero-order chi connectivity index (χ0) is 21.6. The smallest absolute Gasteiger partial charge is 0.353 e. The van der Waals surface area contributed by atoms with Crippen LogP contribution in [0.4, 0.5) is 0 Å². The SMILES string of the molecule is C[C@@H](O)[C@H]1C(=O)N2C(C(=O)O)=C(S[C@@H]3CN[C@H](Cc4ccc(CN)cc4)C3)[C@H](C)[C@H]12. The minimum absolute atomic E-state index is 0.0822. The second-order valence-corrected chi connectivity index (χ2v) is 9.92. The average Bonchev–Trinajstić information content (AvgIpc) is 3.23. The zero-order valence-electron chi connectivity index (χ0n) is 17.2. The Balaban J connectivity index is 1.43. The summed E-state index contributed by atoms with van der Waals surface area (Å²) in [6, 6.07) is 8.42. The van der Waals surface area contributed by atoms with E-state index in [1.165, 1.54) is 10.5 Å². The highest BCUT2D eigenvalue weighted by atomic mass is 32.2. The predicted molar refractivity (Wildman–Crippen MR) is 115 cm³/mol. The number of aliphatic hydroxyl groups excluding tert-OH is 1. The highest BCUT2D eigenvalue weighted by Crippen LogP contribution is 2.51. The van der Waals surface area contributed by atoms with E-state index in [4.69, 9.17) is 5.73 Å². The van der Waals surface area contributed by atoms with Crippen molar-refractivity contribution in [3.8, 4) is 0 Å². The van der Waals surface area contributed by atoms with Crippen LogP contribution < -0.4 is 11.1 Å². The molecule has 162 valence electrons. The molecule has 2 fully saturated rings. The van der Waals surface area contributed by atoms with Crippen molar-refractivity contribution in [2.75, 3.05) is 6.54 Å². The summed E-state index contributed by atoms with van der Waals surface area (Å²) in [4.78, 5) is 26.6. The lowest BCUT2D eigenvalue weighted by molar-refractivity contribution is -0.163. The number of nitrogens with two attached hydrogens (primary N) is 1. The van der Waals surface area contributed by atoms with Crippen LogP contribution in [0.5, 0.6) is 0 Å². The van der Waals surface area contributed by atoms with Crippen LogP contribution in [0.25, 0.3) is 0 Å². The van der Waals surface area contributed by atoms with Gasteiger partial charge in [-0.15, -0.1) is 11.8 Å². The number of benzene rings is 1. The topological polar surface area (TPSA) is 116 Å². The van der Waals surface area contributed by atoms with Gasteiger partial charge in [-0.2, -0.15) is 0 Å². The summed E-state index contributed by atoms with van der Waals surface area (Å²) in [5, 5.41) is 23.6. The number of nitrogens with zero attached hydrogens (tertiary/aromatic N) is 1. The van der Waals surface area contributed by atoms with Gasteiger partial charge in [0.1, 0.15) is 5.70 Å². The van der Waals surface area contributed by atoms with Crippen LogP contribution in [0, 0.1) is 11.8 Å². The maximum Gasteiger partial charge on any atom is 0.353 e. The molecule has 5 N–H and O–H groups in total. The van der Waals surface area contributed by atoms with Crippen LogP contribution in [-0.2, 0) is 22.6 Å². The number of thioether (sulfide) groups is 1. The first-order valence-corrected chi connectivity index (χ1v) is 11.4. The van der Waals surface area contributed by atoms with Gasteiger partial charge in [0.15, 0.2) is 0 Å². The first-order valence-electron chi connectivity index (χ1n) is 10.5. The molecule has 0 aromatic heterocycles. The molecular formula is C22H29N3O4S. The van der Waals surface area contributed by atoms with Crippen LogP contribution in [0.2, 0.25) is 0 Å². The molecule has 0 unspecified atom stereocenters. The molecule has 30 heavy (non-hydrogen) atoms. The molecule has 1 aromatic carbocycles. The largest absolute Gasteiger partial charge is 0.477 e. The maximum absolute atomic E-state index is 12.5. The number of aliphatic carboxylic acids is 1. The monoisotopic (exact) mass is 431 g/mol. The Bertz CT molecular complexity index is 870. The lowest BCUT2D eigenvalue weighted by Crippen LogP contribution is -2.63. The first-order chi connectivity index (χ1) is 14.3. The molecule has 0 spiro atoms. The van der Waals surface area contributed by atoms with E-state index < -0.39 is 18.0 Å². The number of carboxylic acids is 1. The van der Waals surface area contributed by atoms with Crippen LogP contribution in [0.3, 0.4) is 0 Å². The van der Waals surface area contributed by atoms with Crippen LogP contribution in [-0.4, -0.2) is 57.0 Å². The van der Waals surface area contributed by atoms with Crippen molar-refractivity contribution in [2.45, 2.75) is 56.7 Å². The number of amides is 1. The van der Waals surface area contributed by atoms with Crippen molar-refractivity contribution >= 4 is 23.6 Å². The van der Waals surface area contributed by atoms with Crippen molar-refractivity contribution in [3.05, 3.63) is 46.0 Å². The maximum atomic E-state index is 12.5. The van der Waals surface area contributed by atoms with Crippen LogP contribution >= 0.6 is 11.8 Å². The molecule has 0 bridgehead atoms. The second kappa shape index (κ2) is 8.34. The van der Waals surface area contributed by atoms with E-state index in [1.54, 1.807) is 18.7 Å². The van der Waals surface area contributed by atoms with Gasteiger partial charge in [-0.25, -0.2) is 4.79 Å². The van der Waals surface area contributed by atoms with Gasteiger partial charge < -0.3 is 26.2 Å². The van der Waals surface area contributed by atoms with E-state index in [0.717, 1.165) is 29.9 Å². The summed E-state index contributed by atoms with van der Waals surface area (Å²) in [6.45, 7) is 4.91. The third-order valence-corrected chi connectivity index (χ3v) is 8.04. The van der Waals surface area contributed by atoms with Crippen molar-refractivity contribution in [1.82, 2.24) is 10.2 Å². The Morgan fingerprint density at radius 1 is 1.33 bits per heavy atom. The number of carbonyl (C=O) groups is 2. The molecule has 3 heterocycles. The molecule has 1 amide bonds. The quantitative estimate of drug-likeness (QED) is 0.481. The zero-order valence-corrected chi connectivity index (χ0v) is 18.1. The number of hydrogen-bond acceptors (Lipinski definition) is 6. The number of hydrogen-bond donors (Lipinski definition) is 4. The molecule has 7 nitrogen and oxygen atoms in total. The molecule has 6 atom stereocenters. The van der Waals surface area contributed by atoms with E-state index >= 15 is 0 Å². The standard InChI is InChI=1S/C22H29N3O4S/c1-11-18-17(12(2)26)21(27)25(18)19(22(28)29)20(11)30-16-8-15(24-10-16)7-13-3-5-14(9-23)6-4-13/h3-6,11-12,15-18,24,26H,7-10,23H2,1-2H3,(H,28,29)/t11-,12-,15-,16+,17-,18-/m1/s1. The normalized spacial score (nSPS) is 31.7. The van der Waals surface area contributed by atoms with E-state index in [2.05, 4.69) is 29.6 Å². The number of aliphatic hydroxyl groups is 1. The number of fused-ring (bicyclic) bond motifs is 1. The molecule has 0 aliphatic carbocycles. The van der Waals surface area contributed by atoms with Crippen LogP contribution in [0.15, 0.2) is 34.9 Å². The number of carboxylic acid groups (broad SMARTS) is 1. The van der Waals surface area contributed by atoms with Gasteiger partial charge in [-0.05, 0) is 30.9 Å². The lowest BCUT2D eigenvalue weighted by atomic mass is 9.79. The van der Waals surface area contributed by atoms with Gasteiger partial charge in [-0.3, -0.25) is 4.79 Å². The molecule has 4 rings (SSSR count). The molecule has 3 aliphatic heterocycles. The van der Waals surface area contributed by atoms with Gasteiger partial charge in [0.05, 0.1) is 18.1 Å². The predicted octanol–water partition coefficient (Wildman–Crippen LogP) is 1.31. The van der Waals surface area contributed by atoms with E-state index in [9.17, 15) is 19.8 Å². The van der Waals surface area contributed by atoms with Gasteiger partial charge in [0, 0.05) is 35.2 Å². The Labute approximate surface area is 180 Å². The molecule has 0 radical (unpaired) electrons.